The van der Waals surface area contributed by atoms with Gasteiger partial charge in [0.1, 0.15) is 12.0 Å². The van der Waals surface area contributed by atoms with E-state index in [4.69, 9.17) is 9.47 Å². The van der Waals surface area contributed by atoms with E-state index in [2.05, 4.69) is 25.9 Å². The van der Waals surface area contributed by atoms with Crippen molar-refractivity contribution in [2.75, 3.05) is 18.5 Å². The normalized spacial score (nSPS) is 12.9. The Morgan fingerprint density at radius 3 is 2.78 bits per heavy atom. The van der Waals surface area contributed by atoms with Gasteiger partial charge in [-0.2, -0.15) is 5.10 Å². The number of ether oxygens (including phenoxy) is 2. The van der Waals surface area contributed by atoms with Crippen molar-refractivity contribution >= 4 is 11.6 Å². The van der Waals surface area contributed by atoms with Crippen molar-refractivity contribution in [3.8, 4) is 28.4 Å². The Bertz CT molecular complexity index is 1280. The molecule has 4 aromatic rings. The Morgan fingerprint density at radius 1 is 1.12 bits per heavy atom. The van der Waals surface area contributed by atoms with Gasteiger partial charge in [0.15, 0.2) is 11.5 Å². The number of carbonyl (C=O) groups is 1. The third-order valence-electron chi connectivity index (χ3n) is 5.24. The van der Waals surface area contributed by atoms with Gasteiger partial charge in [0.2, 0.25) is 0 Å². The molecular formula is C22H21N7O3. The zero-order valence-electron chi connectivity index (χ0n) is 17.6. The molecule has 10 heteroatoms. The summed E-state index contributed by atoms with van der Waals surface area (Å²) in [6, 6.07) is 11.2. The fourth-order valence-corrected chi connectivity index (χ4v) is 3.65. The molecule has 0 aliphatic carbocycles. The van der Waals surface area contributed by atoms with Crippen LogP contribution in [0, 0.1) is 6.92 Å². The summed E-state index contributed by atoms with van der Waals surface area (Å²) in [4.78, 5) is 13.2. The number of hydrogen-bond acceptors (Lipinski definition) is 7. The average molecular weight is 431 g/mol. The van der Waals surface area contributed by atoms with E-state index in [1.54, 1.807) is 22.6 Å². The standard InChI is InChI=1S/C22H21N7O3/c1-14-17(5-3-6-18(14)29-13-23-26-27-29)24-22(30)16-12-28(2)25-21(16)15-7-8-19-20(11-15)32-10-4-9-31-19/h3,5-8,11-13H,4,9-10H2,1-2H3,(H,24,30). The van der Waals surface area contributed by atoms with E-state index >= 15 is 0 Å². The first-order valence-electron chi connectivity index (χ1n) is 10.2. The third-order valence-corrected chi connectivity index (χ3v) is 5.24. The molecule has 0 spiro atoms. The van der Waals surface area contributed by atoms with E-state index in [0.717, 1.165) is 23.2 Å². The van der Waals surface area contributed by atoms with Gasteiger partial charge in [0.05, 0.1) is 24.5 Å². The van der Waals surface area contributed by atoms with E-state index < -0.39 is 0 Å². The Balaban J connectivity index is 1.47. The molecule has 3 heterocycles. The zero-order chi connectivity index (χ0) is 22.1. The molecule has 0 saturated heterocycles. The first-order valence-corrected chi connectivity index (χ1v) is 10.2. The molecule has 0 unspecified atom stereocenters. The van der Waals surface area contributed by atoms with Gasteiger partial charge in [-0.05, 0) is 53.2 Å². The lowest BCUT2D eigenvalue weighted by atomic mass is 10.1. The van der Waals surface area contributed by atoms with Crippen LogP contribution >= 0.6 is 0 Å². The minimum absolute atomic E-state index is 0.267. The number of aromatic nitrogens is 6. The summed E-state index contributed by atoms with van der Waals surface area (Å²) in [5.74, 6) is 1.09. The molecule has 0 saturated carbocycles. The second-order valence-electron chi connectivity index (χ2n) is 7.44. The minimum Gasteiger partial charge on any atom is -0.490 e. The van der Waals surface area contributed by atoms with Gasteiger partial charge in [0.25, 0.3) is 5.91 Å². The number of hydrogen-bond donors (Lipinski definition) is 1. The highest BCUT2D eigenvalue weighted by Gasteiger charge is 2.21. The highest BCUT2D eigenvalue weighted by atomic mass is 16.5. The van der Waals surface area contributed by atoms with Gasteiger partial charge < -0.3 is 14.8 Å². The molecule has 5 rings (SSSR count). The molecule has 10 nitrogen and oxygen atoms in total. The van der Waals surface area contributed by atoms with Crippen LogP contribution in [0.15, 0.2) is 48.9 Å². The third kappa shape index (κ3) is 3.66. The molecule has 1 N–H and O–H groups in total. The number of rotatable bonds is 4. The summed E-state index contributed by atoms with van der Waals surface area (Å²) in [6.07, 6.45) is 4.04. The summed E-state index contributed by atoms with van der Waals surface area (Å²) in [5, 5.41) is 18.8. The maximum absolute atomic E-state index is 13.2. The van der Waals surface area contributed by atoms with Crippen LogP contribution in [0.1, 0.15) is 22.3 Å². The van der Waals surface area contributed by atoms with Crippen LogP contribution in [0.25, 0.3) is 16.9 Å². The van der Waals surface area contributed by atoms with Crippen molar-refractivity contribution in [1.29, 1.82) is 0 Å². The smallest absolute Gasteiger partial charge is 0.259 e. The Labute approximate surface area is 183 Å². The van der Waals surface area contributed by atoms with Crippen LogP contribution < -0.4 is 14.8 Å². The Morgan fingerprint density at radius 2 is 1.97 bits per heavy atom. The number of nitrogens with zero attached hydrogens (tertiary/aromatic N) is 6. The van der Waals surface area contributed by atoms with Gasteiger partial charge >= 0.3 is 0 Å². The summed E-state index contributed by atoms with van der Waals surface area (Å²) in [5.41, 5.74) is 4.08. The molecule has 1 aliphatic rings. The van der Waals surface area contributed by atoms with Crippen LogP contribution in [-0.2, 0) is 7.05 Å². The van der Waals surface area contributed by atoms with E-state index in [1.165, 1.54) is 6.33 Å². The van der Waals surface area contributed by atoms with Gasteiger partial charge in [-0.1, -0.05) is 6.07 Å². The highest BCUT2D eigenvalue weighted by molar-refractivity contribution is 6.08. The van der Waals surface area contributed by atoms with Crippen LogP contribution in [0.3, 0.4) is 0 Å². The van der Waals surface area contributed by atoms with Crippen molar-refractivity contribution < 1.29 is 14.3 Å². The first-order chi connectivity index (χ1) is 15.6. The molecule has 1 aliphatic heterocycles. The maximum atomic E-state index is 13.2. The Hall–Kier alpha value is -4.21. The van der Waals surface area contributed by atoms with Gasteiger partial charge in [-0.15, -0.1) is 5.10 Å². The number of fused-ring (bicyclic) bond motifs is 1. The van der Waals surface area contributed by atoms with Crippen molar-refractivity contribution in [2.45, 2.75) is 13.3 Å². The summed E-state index contributed by atoms with van der Waals surface area (Å²) in [7, 11) is 1.78. The molecule has 0 fully saturated rings. The van der Waals surface area contributed by atoms with Crippen molar-refractivity contribution in [2.24, 2.45) is 7.05 Å². The van der Waals surface area contributed by atoms with Crippen LogP contribution in [0.2, 0.25) is 0 Å². The van der Waals surface area contributed by atoms with Crippen LogP contribution in [0.4, 0.5) is 5.69 Å². The average Bonchev–Trinajstić information content (AvgIpc) is 3.39. The van der Waals surface area contributed by atoms with Gasteiger partial charge in [-0.25, -0.2) is 4.68 Å². The molecule has 0 bridgehead atoms. The van der Waals surface area contributed by atoms with Gasteiger partial charge in [-0.3, -0.25) is 9.48 Å². The predicted octanol–water partition coefficient (Wildman–Crippen LogP) is 2.78. The highest BCUT2D eigenvalue weighted by Crippen LogP contribution is 2.35. The largest absolute Gasteiger partial charge is 0.490 e. The summed E-state index contributed by atoms with van der Waals surface area (Å²) >= 11 is 0. The van der Waals surface area contributed by atoms with E-state index in [0.29, 0.717) is 41.7 Å². The molecule has 0 atom stereocenters. The number of carbonyl (C=O) groups excluding carboxylic acids is 1. The SMILES string of the molecule is Cc1c(NC(=O)c2cn(C)nc2-c2ccc3c(c2)OCCCO3)cccc1-n1cnnn1. The number of nitrogens with one attached hydrogen (secondary N) is 1. The lowest BCUT2D eigenvalue weighted by Gasteiger charge is -2.12. The van der Waals surface area contributed by atoms with E-state index in [-0.39, 0.29) is 5.91 Å². The predicted molar refractivity (Wildman–Crippen MR) is 116 cm³/mol. The second-order valence-corrected chi connectivity index (χ2v) is 7.44. The van der Waals surface area contributed by atoms with Crippen LogP contribution in [-0.4, -0.2) is 49.1 Å². The lowest BCUT2D eigenvalue weighted by Crippen LogP contribution is -2.14. The van der Waals surface area contributed by atoms with Gasteiger partial charge in [0, 0.05) is 30.9 Å². The molecule has 2 aromatic carbocycles. The van der Waals surface area contributed by atoms with Crippen LogP contribution in [0.5, 0.6) is 11.5 Å². The number of anilines is 1. The quantitative estimate of drug-likeness (QED) is 0.529. The van der Waals surface area contributed by atoms with Crippen molar-refractivity contribution in [1.82, 2.24) is 30.0 Å². The number of tetrazole rings is 1. The Kier molecular flexibility index (Phi) is 5.02. The second kappa shape index (κ2) is 8.14. The summed E-state index contributed by atoms with van der Waals surface area (Å²) in [6.45, 7) is 3.11. The zero-order valence-corrected chi connectivity index (χ0v) is 17.6. The molecule has 32 heavy (non-hydrogen) atoms. The van der Waals surface area contributed by atoms with E-state index in [9.17, 15) is 4.79 Å². The summed E-state index contributed by atoms with van der Waals surface area (Å²) < 4.78 is 14.7. The molecule has 162 valence electrons. The van der Waals surface area contributed by atoms with Crippen molar-refractivity contribution in [3.05, 3.63) is 60.0 Å². The number of amides is 1. The number of benzene rings is 2. The molecule has 0 radical (unpaired) electrons. The van der Waals surface area contributed by atoms with E-state index in [1.807, 2.05) is 43.3 Å². The molecular weight excluding hydrogens is 410 g/mol. The topological polar surface area (TPSA) is 109 Å². The molecule has 1 amide bonds. The van der Waals surface area contributed by atoms with Crippen molar-refractivity contribution in [3.63, 3.8) is 0 Å². The lowest BCUT2D eigenvalue weighted by molar-refractivity contribution is 0.102. The fraction of sp³-hybridized carbons (Fsp3) is 0.227. The number of aryl methyl sites for hydroxylation is 1. The monoisotopic (exact) mass is 431 g/mol. The maximum Gasteiger partial charge on any atom is 0.259 e. The fourth-order valence-electron chi connectivity index (χ4n) is 3.65. The molecule has 2 aromatic heterocycles. The first kappa shape index (κ1) is 19.7. The minimum atomic E-state index is -0.267.